The number of oxime groups is 1. The first-order chi connectivity index (χ1) is 10.0. The molecular formula is C13H23BrN6O. The van der Waals surface area contributed by atoms with Crippen molar-refractivity contribution in [3.63, 3.8) is 0 Å². The Morgan fingerprint density at radius 2 is 1.95 bits per heavy atom. The number of amidine groups is 1. The van der Waals surface area contributed by atoms with E-state index >= 15 is 0 Å². The van der Waals surface area contributed by atoms with Gasteiger partial charge in [-0.05, 0) is 22.4 Å². The number of piperazine rings is 1. The molecule has 1 aliphatic heterocycles. The molecule has 0 bridgehead atoms. The average Bonchev–Trinajstić information content (AvgIpc) is 2.76. The maximum atomic E-state index is 8.61. The van der Waals surface area contributed by atoms with E-state index in [-0.39, 0.29) is 5.84 Å². The molecule has 0 radical (unpaired) electrons. The van der Waals surface area contributed by atoms with Crippen LogP contribution in [0.4, 0.5) is 0 Å². The van der Waals surface area contributed by atoms with Crippen LogP contribution in [0.1, 0.15) is 18.3 Å². The quantitative estimate of drug-likeness (QED) is 0.348. The average molecular weight is 359 g/mol. The Hall–Kier alpha value is -1.12. The molecule has 1 aromatic heterocycles. The van der Waals surface area contributed by atoms with Crippen LogP contribution in [-0.4, -0.2) is 63.3 Å². The third-order valence-electron chi connectivity index (χ3n) is 3.86. The van der Waals surface area contributed by atoms with Crippen LogP contribution in [0, 0.1) is 0 Å². The fraction of sp³-hybridized carbons (Fsp3) is 0.692. The summed E-state index contributed by atoms with van der Waals surface area (Å²) in [5, 5.41) is 16.2. The summed E-state index contributed by atoms with van der Waals surface area (Å²) in [5.74, 6) is 0.269. The minimum Gasteiger partial charge on any atom is -0.409 e. The standard InChI is InChI=1S/C13H23BrN6O/c1-3-10-13(14)11(18(2)16-10)8-19-4-6-20(7-5-19)9-12(15)17-21/h21H,3-9H2,1-2H3,(H2,15,17). The molecule has 1 fully saturated rings. The molecule has 21 heavy (non-hydrogen) atoms. The van der Waals surface area contributed by atoms with Crippen LogP contribution < -0.4 is 5.73 Å². The van der Waals surface area contributed by atoms with Crippen molar-refractivity contribution in [3.05, 3.63) is 15.9 Å². The SMILES string of the molecule is CCc1nn(C)c(CN2CCN(CC(N)=NO)CC2)c1Br. The number of rotatable bonds is 5. The van der Waals surface area contributed by atoms with E-state index in [1.165, 1.54) is 5.69 Å². The van der Waals surface area contributed by atoms with Crippen LogP contribution in [0.2, 0.25) is 0 Å². The molecule has 1 aromatic rings. The first-order valence-electron chi connectivity index (χ1n) is 7.16. The summed E-state index contributed by atoms with van der Waals surface area (Å²) in [6.45, 7) is 7.32. The Bertz CT molecular complexity index is 507. The summed E-state index contributed by atoms with van der Waals surface area (Å²) in [6.07, 6.45) is 0.933. The molecule has 2 rings (SSSR count). The lowest BCUT2D eigenvalue weighted by atomic mass is 10.2. The Kier molecular flexibility index (Phi) is 5.60. The van der Waals surface area contributed by atoms with Crippen molar-refractivity contribution in [1.82, 2.24) is 19.6 Å². The molecule has 0 unspecified atom stereocenters. The van der Waals surface area contributed by atoms with Gasteiger partial charge in [-0.25, -0.2) is 0 Å². The van der Waals surface area contributed by atoms with Gasteiger partial charge in [-0.2, -0.15) is 5.10 Å². The van der Waals surface area contributed by atoms with Gasteiger partial charge >= 0.3 is 0 Å². The van der Waals surface area contributed by atoms with Crippen LogP contribution >= 0.6 is 15.9 Å². The number of hydrogen-bond acceptors (Lipinski definition) is 5. The topological polar surface area (TPSA) is 82.9 Å². The molecule has 1 saturated heterocycles. The highest BCUT2D eigenvalue weighted by atomic mass is 79.9. The third-order valence-corrected chi connectivity index (χ3v) is 4.77. The van der Waals surface area contributed by atoms with Crippen LogP contribution in [0.3, 0.4) is 0 Å². The summed E-state index contributed by atoms with van der Waals surface area (Å²) in [6, 6.07) is 0. The lowest BCUT2D eigenvalue weighted by molar-refractivity contribution is 0.136. The van der Waals surface area contributed by atoms with Gasteiger partial charge in [-0.15, -0.1) is 0 Å². The summed E-state index contributed by atoms with van der Waals surface area (Å²) in [5.41, 5.74) is 7.88. The van der Waals surface area contributed by atoms with Gasteiger partial charge < -0.3 is 10.9 Å². The zero-order valence-electron chi connectivity index (χ0n) is 12.6. The third kappa shape index (κ3) is 3.96. The van der Waals surface area contributed by atoms with Crippen molar-refractivity contribution in [2.75, 3.05) is 32.7 Å². The predicted molar refractivity (Wildman–Crippen MR) is 85.4 cm³/mol. The molecule has 3 N–H and O–H groups in total. The van der Waals surface area contributed by atoms with Crippen LogP contribution in [0.25, 0.3) is 0 Å². The number of nitrogens with zero attached hydrogens (tertiary/aromatic N) is 5. The molecule has 8 heteroatoms. The lowest BCUT2D eigenvalue weighted by Gasteiger charge is -2.34. The van der Waals surface area contributed by atoms with Crippen LogP contribution in [0.5, 0.6) is 0 Å². The Morgan fingerprint density at radius 1 is 1.33 bits per heavy atom. The van der Waals surface area contributed by atoms with Gasteiger partial charge in [0.1, 0.15) is 0 Å². The van der Waals surface area contributed by atoms with E-state index in [4.69, 9.17) is 10.9 Å². The number of aryl methyl sites for hydroxylation is 2. The zero-order valence-corrected chi connectivity index (χ0v) is 14.2. The number of halogens is 1. The van der Waals surface area contributed by atoms with E-state index < -0.39 is 0 Å². The molecule has 0 atom stereocenters. The monoisotopic (exact) mass is 358 g/mol. The van der Waals surface area contributed by atoms with Crippen molar-refractivity contribution in [2.24, 2.45) is 17.9 Å². The first kappa shape index (κ1) is 16.3. The van der Waals surface area contributed by atoms with Gasteiger partial charge in [0.05, 0.1) is 22.4 Å². The number of hydrogen-bond donors (Lipinski definition) is 2. The van der Waals surface area contributed by atoms with Crippen LogP contribution in [0.15, 0.2) is 9.63 Å². The van der Waals surface area contributed by atoms with Gasteiger partial charge in [0, 0.05) is 39.8 Å². The molecule has 0 aromatic carbocycles. The van der Waals surface area contributed by atoms with Gasteiger partial charge in [-0.1, -0.05) is 12.1 Å². The van der Waals surface area contributed by atoms with E-state index in [2.05, 4.69) is 42.9 Å². The van der Waals surface area contributed by atoms with Crippen molar-refractivity contribution in [3.8, 4) is 0 Å². The predicted octanol–water partition coefficient (Wildman–Crippen LogP) is 0.609. The zero-order chi connectivity index (χ0) is 15.4. The largest absolute Gasteiger partial charge is 0.409 e. The normalized spacial score (nSPS) is 18.3. The molecule has 1 aliphatic rings. The van der Waals surface area contributed by atoms with E-state index in [0.29, 0.717) is 6.54 Å². The highest BCUT2D eigenvalue weighted by Gasteiger charge is 2.21. The molecule has 118 valence electrons. The molecule has 0 amide bonds. The Morgan fingerprint density at radius 3 is 2.48 bits per heavy atom. The van der Waals surface area contributed by atoms with Crippen molar-refractivity contribution >= 4 is 21.8 Å². The molecule has 0 saturated carbocycles. The van der Waals surface area contributed by atoms with Crippen molar-refractivity contribution < 1.29 is 5.21 Å². The molecule has 0 aliphatic carbocycles. The minimum atomic E-state index is 0.269. The van der Waals surface area contributed by atoms with E-state index in [9.17, 15) is 0 Å². The molecular weight excluding hydrogens is 336 g/mol. The molecule has 2 heterocycles. The summed E-state index contributed by atoms with van der Waals surface area (Å²) in [4.78, 5) is 4.60. The smallest absolute Gasteiger partial charge is 0.153 e. The second-order valence-corrected chi connectivity index (χ2v) is 6.12. The Balaban J connectivity index is 1.91. The van der Waals surface area contributed by atoms with E-state index in [1.54, 1.807) is 0 Å². The minimum absolute atomic E-state index is 0.269. The van der Waals surface area contributed by atoms with Gasteiger partial charge in [0.2, 0.25) is 0 Å². The highest BCUT2D eigenvalue weighted by molar-refractivity contribution is 9.10. The maximum absolute atomic E-state index is 8.61. The maximum Gasteiger partial charge on any atom is 0.153 e. The van der Waals surface area contributed by atoms with Gasteiger partial charge in [0.15, 0.2) is 5.84 Å². The lowest BCUT2D eigenvalue weighted by Crippen LogP contribution is -2.48. The molecule has 7 nitrogen and oxygen atoms in total. The van der Waals surface area contributed by atoms with E-state index in [0.717, 1.165) is 49.3 Å². The van der Waals surface area contributed by atoms with Gasteiger partial charge in [-0.3, -0.25) is 14.5 Å². The summed E-state index contributed by atoms with van der Waals surface area (Å²) >= 11 is 3.66. The number of aromatic nitrogens is 2. The fourth-order valence-electron chi connectivity index (χ4n) is 2.57. The van der Waals surface area contributed by atoms with E-state index in [1.807, 2.05) is 11.7 Å². The molecule has 0 spiro atoms. The van der Waals surface area contributed by atoms with Crippen molar-refractivity contribution in [1.29, 1.82) is 0 Å². The number of nitrogens with two attached hydrogens (primary N) is 1. The van der Waals surface area contributed by atoms with Crippen molar-refractivity contribution in [2.45, 2.75) is 19.9 Å². The fourth-order valence-corrected chi connectivity index (χ4v) is 3.31. The summed E-state index contributed by atoms with van der Waals surface area (Å²) < 4.78 is 3.10. The van der Waals surface area contributed by atoms with Gasteiger partial charge in [0.25, 0.3) is 0 Å². The van der Waals surface area contributed by atoms with Crippen LogP contribution in [-0.2, 0) is 20.0 Å². The second-order valence-electron chi connectivity index (χ2n) is 5.33. The Labute approximate surface area is 133 Å². The summed E-state index contributed by atoms with van der Waals surface area (Å²) in [7, 11) is 1.99. The second kappa shape index (κ2) is 7.24. The highest BCUT2D eigenvalue weighted by Crippen LogP contribution is 2.23. The first-order valence-corrected chi connectivity index (χ1v) is 7.95.